The fourth-order valence-electron chi connectivity index (χ4n) is 2.05. The van der Waals surface area contributed by atoms with Crippen molar-refractivity contribution in [2.24, 2.45) is 5.73 Å². The Labute approximate surface area is 93.2 Å². The molecule has 3 nitrogen and oxygen atoms in total. The van der Waals surface area contributed by atoms with E-state index in [2.05, 4.69) is 18.4 Å². The van der Waals surface area contributed by atoms with E-state index in [0.717, 1.165) is 12.8 Å². The molecule has 2 N–H and O–H groups in total. The number of nitrogens with two attached hydrogens (primary N) is 1. The van der Waals surface area contributed by atoms with Gasteiger partial charge in [0.15, 0.2) is 0 Å². The van der Waals surface area contributed by atoms with Crippen LogP contribution in [0.2, 0.25) is 0 Å². The second-order valence-electron chi connectivity index (χ2n) is 4.09. The lowest BCUT2D eigenvalue weighted by Crippen LogP contribution is -2.42. The van der Waals surface area contributed by atoms with Crippen molar-refractivity contribution in [1.82, 2.24) is 0 Å². The minimum Gasteiger partial charge on any atom is -0.468 e. The molecule has 1 saturated carbocycles. The Morgan fingerprint density at radius 2 is 2.33 bits per heavy atom. The topological polar surface area (TPSA) is 52.3 Å². The second-order valence-corrected chi connectivity index (χ2v) is 5.01. The second kappa shape index (κ2) is 3.61. The molecule has 4 heteroatoms. The predicted octanol–water partition coefficient (Wildman–Crippen LogP) is 1.59. The summed E-state index contributed by atoms with van der Waals surface area (Å²) in [4.78, 5) is 12.7. The zero-order valence-electron chi connectivity index (χ0n) is 8.95. The summed E-state index contributed by atoms with van der Waals surface area (Å²) in [6.45, 7) is 2.07. The van der Waals surface area contributed by atoms with Crippen molar-refractivity contribution in [3.05, 3.63) is 21.9 Å². The Balaban J connectivity index is 2.28. The van der Waals surface area contributed by atoms with E-state index in [1.807, 2.05) is 0 Å². The Kier molecular flexibility index (Phi) is 2.56. The summed E-state index contributed by atoms with van der Waals surface area (Å²) < 4.78 is 4.72. The van der Waals surface area contributed by atoms with Gasteiger partial charge >= 0.3 is 5.97 Å². The van der Waals surface area contributed by atoms with Gasteiger partial charge in [-0.05, 0) is 36.8 Å². The SMILES string of the molecule is COC(=O)C(N)C1(c2sccc2C)CC1. The average Bonchev–Trinajstić information content (AvgIpc) is 2.94. The molecule has 1 aliphatic carbocycles. The number of carbonyl (C=O) groups excluding carboxylic acids is 1. The first kappa shape index (κ1) is 10.6. The third kappa shape index (κ3) is 1.58. The highest BCUT2D eigenvalue weighted by Gasteiger charge is 2.54. The predicted molar refractivity (Wildman–Crippen MR) is 60.0 cm³/mol. The van der Waals surface area contributed by atoms with E-state index in [4.69, 9.17) is 10.5 Å². The van der Waals surface area contributed by atoms with Crippen molar-refractivity contribution in [1.29, 1.82) is 0 Å². The Bertz CT molecular complexity index is 382. The number of ether oxygens (including phenoxy) is 1. The molecule has 0 aromatic carbocycles. The molecule has 0 saturated heterocycles. The molecule has 2 rings (SSSR count). The van der Waals surface area contributed by atoms with Crippen LogP contribution in [0.1, 0.15) is 23.3 Å². The van der Waals surface area contributed by atoms with Crippen LogP contribution >= 0.6 is 11.3 Å². The number of hydrogen-bond acceptors (Lipinski definition) is 4. The largest absolute Gasteiger partial charge is 0.468 e. The van der Waals surface area contributed by atoms with E-state index < -0.39 is 6.04 Å². The maximum Gasteiger partial charge on any atom is 0.323 e. The maximum atomic E-state index is 11.5. The van der Waals surface area contributed by atoms with Crippen LogP contribution in [0.4, 0.5) is 0 Å². The zero-order chi connectivity index (χ0) is 11.1. The number of esters is 1. The molecule has 1 aliphatic rings. The number of aryl methyl sites for hydroxylation is 1. The third-order valence-corrected chi connectivity index (χ3v) is 4.39. The van der Waals surface area contributed by atoms with E-state index in [0.29, 0.717) is 0 Å². The van der Waals surface area contributed by atoms with Gasteiger partial charge in [0, 0.05) is 10.3 Å². The lowest BCUT2D eigenvalue weighted by molar-refractivity contribution is -0.143. The normalized spacial score (nSPS) is 19.7. The van der Waals surface area contributed by atoms with Crippen molar-refractivity contribution in [3.8, 4) is 0 Å². The third-order valence-electron chi connectivity index (χ3n) is 3.15. The summed E-state index contributed by atoms with van der Waals surface area (Å²) in [5.74, 6) is -0.305. The van der Waals surface area contributed by atoms with Gasteiger partial charge in [0.25, 0.3) is 0 Å². The van der Waals surface area contributed by atoms with Crippen molar-refractivity contribution in [2.75, 3.05) is 7.11 Å². The number of rotatable bonds is 3. The summed E-state index contributed by atoms with van der Waals surface area (Å²) in [7, 11) is 1.39. The number of thiophene rings is 1. The first-order valence-corrected chi connectivity index (χ1v) is 5.88. The lowest BCUT2D eigenvalue weighted by atomic mass is 9.93. The molecule has 1 unspecified atom stereocenters. The van der Waals surface area contributed by atoms with Crippen LogP contribution in [0.15, 0.2) is 11.4 Å². The fourth-order valence-corrected chi connectivity index (χ4v) is 3.28. The highest BCUT2D eigenvalue weighted by Crippen LogP contribution is 2.53. The molecule has 1 atom stereocenters. The molecule has 15 heavy (non-hydrogen) atoms. The first-order valence-electron chi connectivity index (χ1n) is 5.00. The van der Waals surface area contributed by atoms with Crippen LogP contribution in [-0.4, -0.2) is 19.1 Å². The average molecular weight is 225 g/mol. The monoisotopic (exact) mass is 225 g/mol. The molecule has 0 aliphatic heterocycles. The van der Waals surface area contributed by atoms with Gasteiger partial charge in [-0.1, -0.05) is 0 Å². The zero-order valence-corrected chi connectivity index (χ0v) is 9.76. The Morgan fingerprint density at radius 3 is 2.73 bits per heavy atom. The number of methoxy groups -OCH3 is 1. The number of hydrogen-bond donors (Lipinski definition) is 1. The van der Waals surface area contributed by atoms with Gasteiger partial charge in [0.2, 0.25) is 0 Å². The van der Waals surface area contributed by atoms with Crippen molar-refractivity contribution >= 4 is 17.3 Å². The molecule has 1 aromatic heterocycles. The van der Waals surface area contributed by atoms with Crippen LogP contribution in [0.5, 0.6) is 0 Å². The van der Waals surface area contributed by atoms with Crippen LogP contribution in [0, 0.1) is 6.92 Å². The standard InChI is InChI=1S/C11H15NO2S/c1-7-3-6-15-9(7)11(4-5-11)8(12)10(13)14-2/h3,6,8H,4-5,12H2,1-2H3. The van der Waals surface area contributed by atoms with Crippen molar-refractivity contribution < 1.29 is 9.53 Å². The van der Waals surface area contributed by atoms with E-state index in [9.17, 15) is 4.79 Å². The van der Waals surface area contributed by atoms with E-state index in [-0.39, 0.29) is 11.4 Å². The van der Waals surface area contributed by atoms with Crippen LogP contribution in [0.3, 0.4) is 0 Å². The Morgan fingerprint density at radius 1 is 1.67 bits per heavy atom. The van der Waals surface area contributed by atoms with E-state index >= 15 is 0 Å². The first-order chi connectivity index (χ1) is 7.12. The summed E-state index contributed by atoms with van der Waals surface area (Å²) in [5, 5.41) is 2.05. The van der Waals surface area contributed by atoms with Gasteiger partial charge in [-0.2, -0.15) is 0 Å². The molecule has 0 spiro atoms. The lowest BCUT2D eigenvalue weighted by Gasteiger charge is -2.20. The highest BCUT2D eigenvalue weighted by molar-refractivity contribution is 7.10. The van der Waals surface area contributed by atoms with Gasteiger partial charge < -0.3 is 10.5 Å². The van der Waals surface area contributed by atoms with E-state index in [1.165, 1.54) is 17.6 Å². The highest BCUT2D eigenvalue weighted by atomic mass is 32.1. The van der Waals surface area contributed by atoms with E-state index in [1.54, 1.807) is 11.3 Å². The molecule has 1 aromatic rings. The molecule has 0 bridgehead atoms. The van der Waals surface area contributed by atoms with Gasteiger partial charge in [0.05, 0.1) is 7.11 Å². The summed E-state index contributed by atoms with van der Waals surface area (Å²) >= 11 is 1.69. The molecule has 0 radical (unpaired) electrons. The van der Waals surface area contributed by atoms with Crippen LogP contribution < -0.4 is 5.73 Å². The minimum atomic E-state index is -0.514. The summed E-state index contributed by atoms with van der Waals surface area (Å²) in [5.41, 5.74) is 7.06. The van der Waals surface area contributed by atoms with Gasteiger partial charge in [0.1, 0.15) is 6.04 Å². The molecular formula is C11H15NO2S. The minimum absolute atomic E-state index is 0.134. The molecule has 1 heterocycles. The molecular weight excluding hydrogens is 210 g/mol. The van der Waals surface area contributed by atoms with Crippen molar-refractivity contribution in [3.63, 3.8) is 0 Å². The van der Waals surface area contributed by atoms with Gasteiger partial charge in [-0.15, -0.1) is 11.3 Å². The fraction of sp³-hybridized carbons (Fsp3) is 0.545. The van der Waals surface area contributed by atoms with Crippen LogP contribution in [-0.2, 0) is 14.9 Å². The van der Waals surface area contributed by atoms with Gasteiger partial charge in [-0.3, -0.25) is 4.79 Å². The van der Waals surface area contributed by atoms with Gasteiger partial charge in [-0.25, -0.2) is 0 Å². The van der Waals surface area contributed by atoms with Crippen molar-refractivity contribution in [2.45, 2.75) is 31.2 Å². The molecule has 1 fully saturated rings. The molecule has 82 valence electrons. The summed E-state index contributed by atoms with van der Waals surface area (Å²) in [6.07, 6.45) is 1.98. The number of carbonyl (C=O) groups is 1. The maximum absolute atomic E-state index is 11.5. The summed E-state index contributed by atoms with van der Waals surface area (Å²) in [6, 6.07) is 1.56. The Hall–Kier alpha value is -0.870. The quantitative estimate of drug-likeness (QED) is 0.795. The molecule has 0 amide bonds. The van der Waals surface area contributed by atoms with Crippen LogP contribution in [0.25, 0.3) is 0 Å². The smallest absolute Gasteiger partial charge is 0.323 e.